The number of hydrogen-bond acceptors (Lipinski definition) is 7. The van der Waals surface area contributed by atoms with E-state index in [0.29, 0.717) is 41.7 Å². The number of ether oxygens (including phenoxy) is 5. The molecule has 2 aromatic carbocycles. The molecule has 1 N–H and O–H groups in total. The zero-order valence-corrected chi connectivity index (χ0v) is 22.3. The Balaban J connectivity index is 1.69. The molecule has 0 radical (unpaired) electrons. The summed E-state index contributed by atoms with van der Waals surface area (Å²) in [6.45, 7) is 0.463. The van der Waals surface area contributed by atoms with Crippen LogP contribution < -0.4 is 23.7 Å². The number of likely N-dealkylation sites (tertiary alicyclic amines) is 1. The van der Waals surface area contributed by atoms with Crippen LogP contribution in [0.25, 0.3) is 6.08 Å². The lowest BCUT2D eigenvalue weighted by Crippen LogP contribution is -2.56. The van der Waals surface area contributed by atoms with Gasteiger partial charge in [-0.05, 0) is 60.7 Å². The smallest absolute Gasteiger partial charge is 0.247 e. The molecule has 0 bridgehead atoms. The average molecular weight is 512 g/mol. The highest BCUT2D eigenvalue weighted by Gasteiger charge is 2.50. The summed E-state index contributed by atoms with van der Waals surface area (Å²) < 4.78 is 27.3. The van der Waals surface area contributed by atoms with Crippen LogP contribution in [0.15, 0.2) is 36.4 Å². The van der Waals surface area contributed by atoms with Gasteiger partial charge < -0.3 is 33.7 Å². The molecule has 37 heavy (non-hydrogen) atoms. The first-order chi connectivity index (χ1) is 17.9. The summed E-state index contributed by atoms with van der Waals surface area (Å²) in [5.41, 5.74) is 0.890. The summed E-state index contributed by atoms with van der Waals surface area (Å²) in [5, 5.41) is 11.6. The third-order valence-corrected chi connectivity index (χ3v) is 7.71. The summed E-state index contributed by atoms with van der Waals surface area (Å²) >= 11 is 0. The number of fused-ring (bicyclic) bond motifs is 1. The molecule has 8 heteroatoms. The van der Waals surface area contributed by atoms with Crippen LogP contribution in [0.1, 0.15) is 49.3 Å². The number of nitrogens with zero attached hydrogens (tertiary/aromatic N) is 1. The lowest BCUT2D eigenvalue weighted by Gasteiger charge is -2.52. The minimum atomic E-state index is -0.784. The molecule has 1 aliphatic carbocycles. The number of methoxy groups -OCH3 is 5. The number of carbonyl (C=O) groups excluding carboxylic acids is 1. The highest BCUT2D eigenvalue weighted by molar-refractivity contribution is 5.92. The van der Waals surface area contributed by atoms with E-state index in [-0.39, 0.29) is 17.9 Å². The van der Waals surface area contributed by atoms with Gasteiger partial charge in [0, 0.05) is 18.5 Å². The van der Waals surface area contributed by atoms with Crippen LogP contribution in [-0.4, -0.2) is 63.6 Å². The largest absolute Gasteiger partial charge is 0.493 e. The predicted octanol–water partition coefficient (Wildman–Crippen LogP) is 4.64. The van der Waals surface area contributed by atoms with E-state index in [1.54, 1.807) is 59.8 Å². The molecule has 0 aromatic heterocycles. The molecule has 1 aliphatic heterocycles. The number of carbonyl (C=O) groups is 1. The van der Waals surface area contributed by atoms with Gasteiger partial charge in [-0.25, -0.2) is 0 Å². The molecule has 2 unspecified atom stereocenters. The number of amides is 1. The van der Waals surface area contributed by atoms with Crippen molar-refractivity contribution >= 4 is 12.0 Å². The number of hydrogen-bond donors (Lipinski definition) is 1. The molecular weight excluding hydrogens is 474 g/mol. The molecule has 2 fully saturated rings. The van der Waals surface area contributed by atoms with Crippen LogP contribution in [0.3, 0.4) is 0 Å². The lowest BCUT2D eigenvalue weighted by molar-refractivity contribution is -0.150. The van der Waals surface area contributed by atoms with Crippen molar-refractivity contribution in [1.29, 1.82) is 0 Å². The SMILES string of the molecule is COc1ccc([C@H]2C3CCCCC3(O)CCN2C(=O)/C=C/c2cc(OC)c(OC)c(OC)c2)cc1OC. The Morgan fingerprint density at radius 3 is 2.19 bits per heavy atom. The fourth-order valence-electron chi connectivity index (χ4n) is 5.84. The van der Waals surface area contributed by atoms with Crippen molar-refractivity contribution in [3.8, 4) is 28.7 Å². The summed E-state index contributed by atoms with van der Waals surface area (Å²) in [4.78, 5) is 15.5. The number of rotatable bonds is 8. The van der Waals surface area contributed by atoms with Crippen molar-refractivity contribution in [3.63, 3.8) is 0 Å². The van der Waals surface area contributed by atoms with E-state index in [4.69, 9.17) is 23.7 Å². The van der Waals surface area contributed by atoms with E-state index in [1.165, 1.54) is 0 Å². The summed E-state index contributed by atoms with van der Waals surface area (Å²) in [5.74, 6) is 2.57. The molecule has 1 amide bonds. The van der Waals surface area contributed by atoms with Gasteiger partial charge in [0.25, 0.3) is 0 Å². The van der Waals surface area contributed by atoms with Gasteiger partial charge in [0.05, 0.1) is 47.2 Å². The van der Waals surface area contributed by atoms with Crippen molar-refractivity contribution in [2.45, 2.75) is 43.7 Å². The van der Waals surface area contributed by atoms with Crippen molar-refractivity contribution in [2.75, 3.05) is 42.1 Å². The highest BCUT2D eigenvalue weighted by atomic mass is 16.5. The Hall–Kier alpha value is -3.39. The van der Waals surface area contributed by atoms with Crippen LogP contribution in [0.2, 0.25) is 0 Å². The van der Waals surface area contributed by atoms with Crippen molar-refractivity contribution in [1.82, 2.24) is 4.90 Å². The summed E-state index contributed by atoms with van der Waals surface area (Å²) in [6.07, 6.45) is 7.52. The third kappa shape index (κ3) is 5.21. The van der Waals surface area contributed by atoms with Gasteiger partial charge in [0.15, 0.2) is 23.0 Å². The minimum Gasteiger partial charge on any atom is -0.493 e. The molecule has 1 heterocycles. The number of benzene rings is 2. The van der Waals surface area contributed by atoms with E-state index in [9.17, 15) is 9.90 Å². The normalized spacial score (nSPS) is 23.4. The van der Waals surface area contributed by atoms with Crippen LogP contribution >= 0.6 is 0 Å². The quantitative estimate of drug-likeness (QED) is 0.517. The Morgan fingerprint density at radius 2 is 1.57 bits per heavy atom. The molecule has 3 atom stereocenters. The highest BCUT2D eigenvalue weighted by Crippen LogP contribution is 2.50. The lowest BCUT2D eigenvalue weighted by atomic mass is 9.66. The van der Waals surface area contributed by atoms with E-state index in [1.807, 2.05) is 23.1 Å². The van der Waals surface area contributed by atoms with Gasteiger partial charge in [-0.15, -0.1) is 0 Å². The average Bonchev–Trinajstić information content (AvgIpc) is 2.93. The maximum Gasteiger partial charge on any atom is 0.247 e. The van der Waals surface area contributed by atoms with Crippen LogP contribution in [0.4, 0.5) is 0 Å². The first-order valence-corrected chi connectivity index (χ1v) is 12.6. The fourth-order valence-corrected chi connectivity index (χ4v) is 5.84. The molecule has 1 saturated carbocycles. The Kier molecular flexibility index (Phi) is 8.17. The molecule has 8 nitrogen and oxygen atoms in total. The topological polar surface area (TPSA) is 86.7 Å². The van der Waals surface area contributed by atoms with Crippen molar-refractivity contribution in [3.05, 3.63) is 47.5 Å². The van der Waals surface area contributed by atoms with E-state index < -0.39 is 5.60 Å². The fraction of sp³-hybridized carbons (Fsp3) is 0.483. The first kappa shape index (κ1) is 26.7. The van der Waals surface area contributed by atoms with Gasteiger partial charge >= 0.3 is 0 Å². The second-order valence-electron chi connectivity index (χ2n) is 9.59. The maximum absolute atomic E-state index is 13.7. The van der Waals surface area contributed by atoms with Crippen LogP contribution in [0.5, 0.6) is 28.7 Å². The van der Waals surface area contributed by atoms with Crippen molar-refractivity contribution in [2.24, 2.45) is 5.92 Å². The number of piperidine rings is 1. The molecule has 4 rings (SSSR count). The molecule has 2 aliphatic rings. The van der Waals surface area contributed by atoms with Gasteiger partial charge in [0.2, 0.25) is 11.7 Å². The summed E-state index contributed by atoms with van der Waals surface area (Å²) in [7, 11) is 7.87. The summed E-state index contributed by atoms with van der Waals surface area (Å²) in [6, 6.07) is 9.07. The number of aliphatic hydroxyl groups is 1. The van der Waals surface area contributed by atoms with E-state index >= 15 is 0 Å². The standard InChI is InChI=1S/C29H37NO7/c1-33-22-11-10-20(18-23(22)34-2)27-21-8-6-7-13-29(21,32)14-15-30(27)26(31)12-9-19-16-24(35-3)28(37-5)25(17-19)36-4/h9-12,16-18,21,27,32H,6-8,13-15H2,1-5H3/b12-9+/t21?,27-,29?/m0/s1. The van der Waals surface area contributed by atoms with Gasteiger partial charge in [0.1, 0.15) is 0 Å². The maximum atomic E-state index is 13.7. The minimum absolute atomic E-state index is 0.0633. The van der Waals surface area contributed by atoms with Crippen molar-refractivity contribution < 1.29 is 33.6 Å². The van der Waals surface area contributed by atoms with Crippen LogP contribution in [-0.2, 0) is 4.79 Å². The monoisotopic (exact) mass is 511 g/mol. The zero-order chi connectivity index (χ0) is 26.6. The molecule has 200 valence electrons. The Bertz CT molecular complexity index is 1120. The van der Waals surface area contributed by atoms with Gasteiger partial charge in [-0.3, -0.25) is 4.79 Å². The van der Waals surface area contributed by atoms with Crippen LogP contribution in [0, 0.1) is 5.92 Å². The Morgan fingerprint density at radius 1 is 0.892 bits per heavy atom. The molecule has 0 spiro atoms. The second-order valence-corrected chi connectivity index (χ2v) is 9.59. The van der Waals surface area contributed by atoms with E-state index in [2.05, 4.69) is 0 Å². The third-order valence-electron chi connectivity index (χ3n) is 7.71. The molecule has 1 saturated heterocycles. The zero-order valence-electron chi connectivity index (χ0n) is 22.3. The second kappa shape index (κ2) is 11.3. The predicted molar refractivity (Wildman–Crippen MR) is 141 cm³/mol. The molecule has 2 aromatic rings. The van der Waals surface area contributed by atoms with Gasteiger partial charge in [-0.2, -0.15) is 0 Å². The van der Waals surface area contributed by atoms with E-state index in [0.717, 1.165) is 36.8 Å². The first-order valence-electron chi connectivity index (χ1n) is 12.6. The molecular formula is C29H37NO7. The Labute approximate surface area is 218 Å². The van der Waals surface area contributed by atoms with Gasteiger partial charge in [-0.1, -0.05) is 18.9 Å².